The van der Waals surface area contributed by atoms with Gasteiger partial charge in [0, 0.05) is 6.04 Å². The fourth-order valence-electron chi connectivity index (χ4n) is 2.12. The maximum atomic E-state index is 11.5. The van der Waals surface area contributed by atoms with Gasteiger partial charge in [-0.1, -0.05) is 12.8 Å². The van der Waals surface area contributed by atoms with E-state index in [-0.39, 0.29) is 24.7 Å². The van der Waals surface area contributed by atoms with E-state index < -0.39 is 0 Å². The quantitative estimate of drug-likeness (QED) is 0.735. The van der Waals surface area contributed by atoms with Crippen molar-refractivity contribution in [3.63, 3.8) is 0 Å². The molecule has 4 heteroatoms. The van der Waals surface area contributed by atoms with Crippen LogP contribution < -0.4 is 0 Å². The topological polar surface area (TPSA) is 49.8 Å². The van der Waals surface area contributed by atoms with Crippen LogP contribution in [0.1, 0.15) is 39.5 Å². The van der Waals surface area contributed by atoms with Gasteiger partial charge in [0.25, 0.3) is 0 Å². The Morgan fingerprint density at radius 1 is 1.44 bits per heavy atom. The number of likely N-dealkylation sites (tertiary alicyclic amines) is 1. The summed E-state index contributed by atoms with van der Waals surface area (Å²) in [5, 5.41) is 9.29. The number of carbonyl (C=O) groups excluding carboxylic acids is 1. The highest BCUT2D eigenvalue weighted by atomic mass is 16.5. The van der Waals surface area contributed by atoms with Crippen molar-refractivity contribution in [2.24, 2.45) is 0 Å². The molecule has 0 bridgehead atoms. The highest BCUT2D eigenvalue weighted by Crippen LogP contribution is 2.16. The Balaban J connectivity index is 2.44. The summed E-state index contributed by atoms with van der Waals surface area (Å²) in [7, 11) is 0. The van der Waals surface area contributed by atoms with Crippen molar-refractivity contribution < 1.29 is 14.6 Å². The van der Waals surface area contributed by atoms with Gasteiger partial charge in [0.1, 0.15) is 0 Å². The first kappa shape index (κ1) is 13.5. The molecule has 0 saturated carbocycles. The van der Waals surface area contributed by atoms with Crippen molar-refractivity contribution in [2.45, 2.75) is 51.7 Å². The van der Waals surface area contributed by atoms with Crippen LogP contribution in [0.25, 0.3) is 0 Å². The minimum atomic E-state index is -0.185. The molecule has 0 spiro atoms. The summed E-state index contributed by atoms with van der Waals surface area (Å²) >= 11 is 0. The van der Waals surface area contributed by atoms with Gasteiger partial charge in [-0.3, -0.25) is 9.69 Å². The summed E-state index contributed by atoms with van der Waals surface area (Å²) in [4.78, 5) is 13.6. The van der Waals surface area contributed by atoms with Gasteiger partial charge in [-0.05, 0) is 33.2 Å². The molecule has 94 valence electrons. The van der Waals surface area contributed by atoms with E-state index in [1.165, 1.54) is 6.42 Å². The van der Waals surface area contributed by atoms with Crippen molar-refractivity contribution in [2.75, 3.05) is 19.7 Å². The van der Waals surface area contributed by atoms with Crippen LogP contribution in [0, 0.1) is 0 Å². The average molecular weight is 229 g/mol. The molecule has 1 heterocycles. The molecule has 1 saturated heterocycles. The van der Waals surface area contributed by atoms with Gasteiger partial charge >= 0.3 is 5.97 Å². The minimum Gasteiger partial charge on any atom is -0.462 e. The zero-order chi connectivity index (χ0) is 12.0. The molecule has 1 aliphatic heterocycles. The predicted octanol–water partition coefficient (Wildman–Crippen LogP) is 1.17. The second-order valence-corrected chi connectivity index (χ2v) is 4.69. The Bertz CT molecular complexity index is 218. The zero-order valence-electron chi connectivity index (χ0n) is 10.3. The summed E-state index contributed by atoms with van der Waals surface area (Å²) in [6.07, 6.45) is 4.34. The highest BCUT2D eigenvalue weighted by Gasteiger charge is 2.23. The SMILES string of the molecule is CC(C)OC(=O)CN1CCCCCC1CO. The Labute approximate surface area is 97.6 Å². The fourth-order valence-corrected chi connectivity index (χ4v) is 2.12. The van der Waals surface area contributed by atoms with Gasteiger partial charge in [0.05, 0.1) is 19.3 Å². The first-order valence-corrected chi connectivity index (χ1v) is 6.18. The van der Waals surface area contributed by atoms with Crippen molar-refractivity contribution in [1.29, 1.82) is 0 Å². The molecular weight excluding hydrogens is 206 g/mol. The number of ether oxygens (including phenoxy) is 1. The lowest BCUT2D eigenvalue weighted by Gasteiger charge is -2.27. The molecule has 1 atom stereocenters. The number of rotatable bonds is 4. The normalized spacial score (nSPS) is 23.1. The van der Waals surface area contributed by atoms with Crippen molar-refractivity contribution in [3.8, 4) is 0 Å². The lowest BCUT2D eigenvalue weighted by atomic mass is 10.1. The molecule has 0 radical (unpaired) electrons. The molecule has 0 aromatic rings. The monoisotopic (exact) mass is 229 g/mol. The summed E-state index contributed by atoms with van der Waals surface area (Å²) in [5.41, 5.74) is 0. The van der Waals surface area contributed by atoms with E-state index in [1.54, 1.807) is 0 Å². The molecule has 0 amide bonds. The number of aliphatic hydroxyl groups is 1. The van der Waals surface area contributed by atoms with Crippen LogP contribution in [-0.2, 0) is 9.53 Å². The Kier molecular flexibility index (Phi) is 5.77. The smallest absolute Gasteiger partial charge is 0.320 e. The standard InChI is InChI=1S/C12H23NO3/c1-10(2)16-12(15)8-13-7-5-3-4-6-11(13)9-14/h10-11,14H,3-9H2,1-2H3. The largest absolute Gasteiger partial charge is 0.462 e. The highest BCUT2D eigenvalue weighted by molar-refractivity contribution is 5.71. The van der Waals surface area contributed by atoms with E-state index in [2.05, 4.69) is 4.90 Å². The van der Waals surface area contributed by atoms with Crippen LogP contribution in [0.4, 0.5) is 0 Å². The Hall–Kier alpha value is -0.610. The third kappa shape index (κ3) is 4.49. The second-order valence-electron chi connectivity index (χ2n) is 4.69. The number of hydrogen-bond donors (Lipinski definition) is 1. The molecule has 0 aliphatic carbocycles. The Morgan fingerprint density at radius 3 is 2.81 bits per heavy atom. The zero-order valence-corrected chi connectivity index (χ0v) is 10.3. The second kappa shape index (κ2) is 6.86. The van der Waals surface area contributed by atoms with Crippen LogP contribution in [0.2, 0.25) is 0 Å². The lowest BCUT2D eigenvalue weighted by molar-refractivity contribution is -0.149. The van der Waals surface area contributed by atoms with Gasteiger partial charge in [-0.2, -0.15) is 0 Å². The maximum absolute atomic E-state index is 11.5. The molecular formula is C12H23NO3. The van der Waals surface area contributed by atoms with E-state index in [0.717, 1.165) is 25.8 Å². The molecule has 4 nitrogen and oxygen atoms in total. The minimum absolute atomic E-state index is 0.0629. The van der Waals surface area contributed by atoms with Gasteiger partial charge in [0.2, 0.25) is 0 Å². The van der Waals surface area contributed by atoms with Crippen molar-refractivity contribution in [1.82, 2.24) is 4.90 Å². The van der Waals surface area contributed by atoms with Gasteiger partial charge < -0.3 is 9.84 Å². The van der Waals surface area contributed by atoms with Crippen molar-refractivity contribution >= 4 is 5.97 Å². The molecule has 1 rings (SSSR count). The van der Waals surface area contributed by atoms with Gasteiger partial charge in [0.15, 0.2) is 0 Å². The predicted molar refractivity (Wildman–Crippen MR) is 62.1 cm³/mol. The Morgan fingerprint density at radius 2 is 2.19 bits per heavy atom. The molecule has 0 aromatic carbocycles. The molecule has 1 aliphatic rings. The van der Waals surface area contributed by atoms with E-state index in [9.17, 15) is 9.90 Å². The maximum Gasteiger partial charge on any atom is 0.320 e. The molecule has 1 unspecified atom stereocenters. The van der Waals surface area contributed by atoms with Gasteiger partial charge in [-0.15, -0.1) is 0 Å². The van der Waals surface area contributed by atoms with Crippen LogP contribution in [0.5, 0.6) is 0 Å². The average Bonchev–Trinajstić information content (AvgIpc) is 2.41. The summed E-state index contributed by atoms with van der Waals surface area (Å²) in [5.74, 6) is -0.185. The lowest BCUT2D eigenvalue weighted by Crippen LogP contribution is -2.41. The number of carbonyl (C=O) groups is 1. The molecule has 0 aromatic heterocycles. The van der Waals surface area contributed by atoms with E-state index in [1.807, 2.05) is 13.8 Å². The van der Waals surface area contributed by atoms with E-state index >= 15 is 0 Å². The van der Waals surface area contributed by atoms with Crippen molar-refractivity contribution in [3.05, 3.63) is 0 Å². The van der Waals surface area contributed by atoms with Crippen LogP contribution >= 0.6 is 0 Å². The number of hydrogen-bond acceptors (Lipinski definition) is 4. The van der Waals surface area contributed by atoms with Crippen LogP contribution in [0.15, 0.2) is 0 Å². The number of esters is 1. The number of nitrogens with zero attached hydrogens (tertiary/aromatic N) is 1. The van der Waals surface area contributed by atoms with Crippen LogP contribution in [-0.4, -0.2) is 47.8 Å². The summed E-state index contributed by atoms with van der Waals surface area (Å²) < 4.78 is 5.12. The van der Waals surface area contributed by atoms with E-state index in [4.69, 9.17) is 4.74 Å². The summed E-state index contributed by atoms with van der Waals surface area (Å²) in [6, 6.07) is 0.127. The third-order valence-electron chi connectivity index (χ3n) is 2.91. The van der Waals surface area contributed by atoms with Gasteiger partial charge in [-0.25, -0.2) is 0 Å². The van der Waals surface area contributed by atoms with Crippen LogP contribution in [0.3, 0.4) is 0 Å². The first-order valence-electron chi connectivity index (χ1n) is 6.18. The molecule has 16 heavy (non-hydrogen) atoms. The van der Waals surface area contributed by atoms with E-state index in [0.29, 0.717) is 6.54 Å². The molecule has 1 N–H and O–H groups in total. The third-order valence-corrected chi connectivity index (χ3v) is 2.91. The summed E-state index contributed by atoms with van der Waals surface area (Å²) in [6.45, 7) is 5.03. The molecule has 1 fully saturated rings. The number of aliphatic hydroxyl groups excluding tert-OH is 1. The first-order chi connectivity index (χ1) is 7.63. The fraction of sp³-hybridized carbons (Fsp3) is 0.917.